The van der Waals surface area contributed by atoms with Crippen LogP contribution in [0.25, 0.3) is 0 Å². The molecule has 0 saturated carbocycles. The van der Waals surface area contributed by atoms with Gasteiger partial charge in [-0.15, -0.1) is 0 Å². The van der Waals surface area contributed by atoms with E-state index >= 15 is 0 Å². The van der Waals surface area contributed by atoms with Crippen molar-refractivity contribution in [2.75, 3.05) is 18.0 Å². The van der Waals surface area contributed by atoms with E-state index < -0.39 is 5.97 Å². The number of carbonyl (C=O) groups is 1. The molecule has 1 aromatic carbocycles. The van der Waals surface area contributed by atoms with Crippen LogP contribution in [0.5, 0.6) is 0 Å². The number of carboxylic acid groups (broad SMARTS) is 1. The molecule has 1 aliphatic rings. The number of benzene rings is 1. The standard InChI is InChI=1S/C19H24N2O3/c1-2-17-7-8-18(24-17)13-20-15-9-11-21(12-10-15)16-5-3-14(4-6-16)19(22)23/h3-8,15,20H,2,9-13H2,1H3,(H,22,23). The Hall–Kier alpha value is -2.27. The number of carboxylic acids is 1. The third-order valence-corrected chi connectivity index (χ3v) is 4.61. The molecule has 1 aliphatic heterocycles. The van der Waals surface area contributed by atoms with Gasteiger partial charge in [0.2, 0.25) is 0 Å². The Kier molecular flexibility index (Phi) is 5.20. The zero-order valence-electron chi connectivity index (χ0n) is 14.0. The second-order valence-corrected chi connectivity index (χ2v) is 6.22. The third-order valence-electron chi connectivity index (χ3n) is 4.61. The average Bonchev–Trinajstić information content (AvgIpc) is 3.09. The number of nitrogens with zero attached hydrogens (tertiary/aromatic N) is 1. The summed E-state index contributed by atoms with van der Waals surface area (Å²) in [6, 6.07) is 11.7. The van der Waals surface area contributed by atoms with Gasteiger partial charge in [-0.05, 0) is 49.2 Å². The van der Waals surface area contributed by atoms with Crippen molar-refractivity contribution in [2.24, 2.45) is 0 Å². The van der Waals surface area contributed by atoms with Crippen molar-refractivity contribution in [3.63, 3.8) is 0 Å². The zero-order chi connectivity index (χ0) is 16.9. The van der Waals surface area contributed by atoms with Crippen LogP contribution in [-0.2, 0) is 13.0 Å². The number of aryl methyl sites for hydroxylation is 1. The van der Waals surface area contributed by atoms with Crippen LogP contribution in [0.2, 0.25) is 0 Å². The molecular weight excluding hydrogens is 304 g/mol. The number of furan rings is 1. The van der Waals surface area contributed by atoms with Crippen molar-refractivity contribution in [1.82, 2.24) is 5.32 Å². The van der Waals surface area contributed by atoms with Gasteiger partial charge in [-0.3, -0.25) is 0 Å². The number of aromatic carboxylic acids is 1. The van der Waals surface area contributed by atoms with E-state index in [4.69, 9.17) is 9.52 Å². The Balaban J connectivity index is 1.47. The van der Waals surface area contributed by atoms with Gasteiger partial charge in [0.1, 0.15) is 11.5 Å². The lowest BCUT2D eigenvalue weighted by Gasteiger charge is -2.34. The Morgan fingerprint density at radius 3 is 2.42 bits per heavy atom. The van der Waals surface area contributed by atoms with Crippen LogP contribution in [0.15, 0.2) is 40.8 Å². The fourth-order valence-electron chi connectivity index (χ4n) is 3.11. The number of hydrogen-bond acceptors (Lipinski definition) is 4. The van der Waals surface area contributed by atoms with Crippen LogP contribution in [0.4, 0.5) is 5.69 Å². The van der Waals surface area contributed by atoms with Crippen molar-refractivity contribution in [3.05, 3.63) is 53.5 Å². The second-order valence-electron chi connectivity index (χ2n) is 6.22. The summed E-state index contributed by atoms with van der Waals surface area (Å²) in [4.78, 5) is 13.2. The molecule has 3 rings (SSSR count). The largest absolute Gasteiger partial charge is 0.478 e. The summed E-state index contributed by atoms with van der Waals surface area (Å²) in [7, 11) is 0. The molecule has 0 atom stereocenters. The van der Waals surface area contributed by atoms with E-state index in [1.54, 1.807) is 12.1 Å². The molecule has 128 valence electrons. The molecule has 1 saturated heterocycles. The zero-order valence-corrected chi connectivity index (χ0v) is 14.0. The SMILES string of the molecule is CCc1ccc(CNC2CCN(c3ccc(C(=O)O)cc3)CC2)o1. The lowest BCUT2D eigenvalue weighted by molar-refractivity contribution is 0.0697. The molecule has 5 heteroatoms. The minimum absolute atomic E-state index is 0.334. The molecule has 0 bridgehead atoms. The normalized spacial score (nSPS) is 15.6. The smallest absolute Gasteiger partial charge is 0.335 e. The summed E-state index contributed by atoms with van der Waals surface area (Å²) in [5.41, 5.74) is 1.43. The predicted octanol–water partition coefficient (Wildman–Crippen LogP) is 3.30. The molecule has 1 aromatic heterocycles. The van der Waals surface area contributed by atoms with E-state index in [1.165, 1.54) is 0 Å². The van der Waals surface area contributed by atoms with Crippen molar-refractivity contribution in [2.45, 2.75) is 38.8 Å². The van der Waals surface area contributed by atoms with Gasteiger partial charge in [-0.1, -0.05) is 6.92 Å². The highest BCUT2D eigenvalue weighted by Gasteiger charge is 2.19. The molecule has 5 nitrogen and oxygen atoms in total. The van der Waals surface area contributed by atoms with Crippen LogP contribution in [0.1, 0.15) is 41.6 Å². The van der Waals surface area contributed by atoms with Crippen LogP contribution < -0.4 is 10.2 Å². The molecule has 0 radical (unpaired) electrons. The Labute approximate surface area is 142 Å². The molecule has 2 heterocycles. The first-order valence-electron chi connectivity index (χ1n) is 8.55. The number of rotatable bonds is 6. The van der Waals surface area contributed by atoms with E-state index in [9.17, 15) is 4.79 Å². The van der Waals surface area contributed by atoms with E-state index in [-0.39, 0.29) is 0 Å². The molecule has 1 fully saturated rings. The van der Waals surface area contributed by atoms with Crippen molar-refractivity contribution in [3.8, 4) is 0 Å². The maximum atomic E-state index is 10.9. The van der Waals surface area contributed by atoms with Gasteiger partial charge in [-0.25, -0.2) is 4.79 Å². The summed E-state index contributed by atoms with van der Waals surface area (Å²) < 4.78 is 5.72. The molecule has 0 aliphatic carbocycles. The van der Waals surface area contributed by atoms with E-state index in [0.29, 0.717) is 11.6 Å². The molecule has 0 unspecified atom stereocenters. The van der Waals surface area contributed by atoms with Crippen molar-refractivity contribution in [1.29, 1.82) is 0 Å². The summed E-state index contributed by atoms with van der Waals surface area (Å²) in [5.74, 6) is 1.15. The van der Waals surface area contributed by atoms with Gasteiger partial charge in [0.15, 0.2) is 0 Å². The Bertz CT molecular complexity index is 670. The number of hydrogen-bond donors (Lipinski definition) is 2. The lowest BCUT2D eigenvalue weighted by Crippen LogP contribution is -2.42. The molecule has 0 spiro atoms. The van der Waals surface area contributed by atoms with E-state index in [1.807, 2.05) is 24.3 Å². The predicted molar refractivity (Wildman–Crippen MR) is 93.6 cm³/mol. The number of anilines is 1. The number of nitrogens with one attached hydrogen (secondary N) is 1. The topological polar surface area (TPSA) is 65.7 Å². The summed E-state index contributed by atoms with van der Waals surface area (Å²) in [6.45, 7) is 4.82. The van der Waals surface area contributed by atoms with Crippen LogP contribution >= 0.6 is 0 Å². The highest BCUT2D eigenvalue weighted by Crippen LogP contribution is 2.21. The van der Waals surface area contributed by atoms with Gasteiger partial charge in [0.05, 0.1) is 12.1 Å². The first kappa shape index (κ1) is 16.6. The van der Waals surface area contributed by atoms with E-state index in [2.05, 4.69) is 17.1 Å². The molecule has 2 N–H and O–H groups in total. The maximum Gasteiger partial charge on any atom is 0.335 e. The summed E-state index contributed by atoms with van der Waals surface area (Å²) in [6.07, 6.45) is 3.07. The average molecular weight is 328 g/mol. The minimum Gasteiger partial charge on any atom is -0.478 e. The van der Waals surface area contributed by atoms with Crippen molar-refractivity contribution < 1.29 is 14.3 Å². The van der Waals surface area contributed by atoms with Gasteiger partial charge >= 0.3 is 5.97 Å². The molecule has 0 amide bonds. The van der Waals surface area contributed by atoms with Gasteiger partial charge in [0.25, 0.3) is 0 Å². The van der Waals surface area contributed by atoms with E-state index in [0.717, 1.165) is 56.1 Å². The first-order valence-corrected chi connectivity index (χ1v) is 8.55. The minimum atomic E-state index is -0.881. The van der Waals surface area contributed by atoms with Gasteiger partial charge in [-0.2, -0.15) is 0 Å². The second kappa shape index (κ2) is 7.53. The monoisotopic (exact) mass is 328 g/mol. The molecule has 24 heavy (non-hydrogen) atoms. The highest BCUT2D eigenvalue weighted by atomic mass is 16.4. The van der Waals surface area contributed by atoms with Crippen LogP contribution in [0.3, 0.4) is 0 Å². The molecule has 2 aromatic rings. The number of piperidine rings is 1. The van der Waals surface area contributed by atoms with Crippen molar-refractivity contribution >= 4 is 11.7 Å². The van der Waals surface area contributed by atoms with Gasteiger partial charge < -0.3 is 19.7 Å². The Morgan fingerprint density at radius 1 is 1.17 bits per heavy atom. The highest BCUT2D eigenvalue weighted by molar-refractivity contribution is 5.88. The Morgan fingerprint density at radius 2 is 1.83 bits per heavy atom. The van der Waals surface area contributed by atoms with Crippen LogP contribution in [-0.4, -0.2) is 30.2 Å². The third kappa shape index (κ3) is 3.97. The lowest BCUT2D eigenvalue weighted by atomic mass is 10.0. The van der Waals surface area contributed by atoms with Crippen LogP contribution in [0, 0.1) is 0 Å². The quantitative estimate of drug-likeness (QED) is 0.852. The maximum absolute atomic E-state index is 10.9. The first-order chi connectivity index (χ1) is 11.7. The fraction of sp³-hybridized carbons (Fsp3) is 0.421. The summed E-state index contributed by atoms with van der Waals surface area (Å²) in [5, 5.41) is 12.5. The molecular formula is C19H24N2O3. The summed E-state index contributed by atoms with van der Waals surface area (Å²) >= 11 is 0. The van der Waals surface area contributed by atoms with Gasteiger partial charge in [0, 0.05) is 31.2 Å². The fourth-order valence-corrected chi connectivity index (χ4v) is 3.11.